The first kappa shape index (κ1) is 16.4. The molecule has 0 aromatic heterocycles. The quantitative estimate of drug-likeness (QED) is 0.912. The standard InChI is InChI=1S/C16H15F2N3O2/c1-21(2)15(22)10-4-3-5-11(8-10)19-16(23)20-12-6-7-13(17)14(18)9-12/h3-9H,1-2H3,(H2,19,20,23). The van der Waals surface area contributed by atoms with Crippen LogP contribution in [0.3, 0.4) is 0 Å². The summed E-state index contributed by atoms with van der Waals surface area (Å²) in [5.74, 6) is -2.25. The molecule has 0 aliphatic carbocycles. The fourth-order valence-corrected chi connectivity index (χ4v) is 1.86. The molecule has 0 bridgehead atoms. The predicted octanol–water partition coefficient (Wildman–Crippen LogP) is 3.31. The van der Waals surface area contributed by atoms with Crippen molar-refractivity contribution in [1.29, 1.82) is 0 Å². The summed E-state index contributed by atoms with van der Waals surface area (Å²) in [6.45, 7) is 0. The molecule has 3 amide bonds. The summed E-state index contributed by atoms with van der Waals surface area (Å²) in [7, 11) is 3.25. The second kappa shape index (κ2) is 6.87. The van der Waals surface area contributed by atoms with Crippen LogP contribution in [0.15, 0.2) is 42.5 Å². The molecule has 0 aliphatic rings. The van der Waals surface area contributed by atoms with Gasteiger partial charge in [-0.15, -0.1) is 0 Å². The van der Waals surface area contributed by atoms with E-state index in [2.05, 4.69) is 10.6 Å². The molecule has 120 valence electrons. The van der Waals surface area contributed by atoms with Crippen LogP contribution < -0.4 is 10.6 Å². The van der Waals surface area contributed by atoms with E-state index in [0.29, 0.717) is 11.3 Å². The number of anilines is 2. The lowest BCUT2D eigenvalue weighted by atomic mass is 10.2. The van der Waals surface area contributed by atoms with Gasteiger partial charge in [-0.2, -0.15) is 0 Å². The van der Waals surface area contributed by atoms with Crippen LogP contribution >= 0.6 is 0 Å². The van der Waals surface area contributed by atoms with Crippen LogP contribution in [-0.4, -0.2) is 30.9 Å². The van der Waals surface area contributed by atoms with Gasteiger partial charge in [-0.3, -0.25) is 4.79 Å². The van der Waals surface area contributed by atoms with E-state index in [4.69, 9.17) is 0 Å². The molecular formula is C16H15F2N3O2. The number of carbonyl (C=O) groups is 2. The van der Waals surface area contributed by atoms with Crippen LogP contribution in [-0.2, 0) is 0 Å². The molecule has 0 aliphatic heterocycles. The smallest absolute Gasteiger partial charge is 0.323 e. The van der Waals surface area contributed by atoms with E-state index in [0.717, 1.165) is 12.1 Å². The summed E-state index contributed by atoms with van der Waals surface area (Å²) in [6.07, 6.45) is 0. The van der Waals surface area contributed by atoms with Crippen molar-refractivity contribution in [2.75, 3.05) is 24.7 Å². The molecule has 0 heterocycles. The van der Waals surface area contributed by atoms with E-state index in [9.17, 15) is 18.4 Å². The first-order valence-corrected chi connectivity index (χ1v) is 6.71. The Morgan fingerprint density at radius 3 is 2.17 bits per heavy atom. The summed E-state index contributed by atoms with van der Waals surface area (Å²) in [4.78, 5) is 25.1. The van der Waals surface area contributed by atoms with Gasteiger partial charge in [0.1, 0.15) is 0 Å². The molecule has 0 fully saturated rings. The number of urea groups is 1. The van der Waals surface area contributed by atoms with Crippen LogP contribution in [0.4, 0.5) is 25.0 Å². The molecule has 0 radical (unpaired) electrons. The Morgan fingerprint density at radius 2 is 1.57 bits per heavy atom. The van der Waals surface area contributed by atoms with Crippen LogP contribution in [0.2, 0.25) is 0 Å². The molecule has 5 nitrogen and oxygen atoms in total. The fraction of sp³-hybridized carbons (Fsp3) is 0.125. The second-order valence-corrected chi connectivity index (χ2v) is 4.99. The van der Waals surface area contributed by atoms with Gasteiger partial charge in [-0.1, -0.05) is 6.07 Å². The van der Waals surface area contributed by atoms with Crippen LogP contribution in [0.5, 0.6) is 0 Å². The number of halogens is 2. The molecule has 2 aromatic carbocycles. The highest BCUT2D eigenvalue weighted by Gasteiger charge is 2.10. The molecule has 0 spiro atoms. The number of carbonyl (C=O) groups excluding carboxylic acids is 2. The van der Waals surface area contributed by atoms with Crippen molar-refractivity contribution in [3.63, 3.8) is 0 Å². The average molecular weight is 319 g/mol. The van der Waals surface area contributed by atoms with Crippen molar-refractivity contribution in [2.45, 2.75) is 0 Å². The van der Waals surface area contributed by atoms with Crippen molar-refractivity contribution in [1.82, 2.24) is 4.90 Å². The van der Waals surface area contributed by atoms with E-state index < -0.39 is 17.7 Å². The second-order valence-electron chi connectivity index (χ2n) is 4.99. The Kier molecular flexibility index (Phi) is 4.90. The summed E-state index contributed by atoms with van der Waals surface area (Å²) in [5.41, 5.74) is 0.931. The van der Waals surface area contributed by atoms with Gasteiger partial charge in [0.2, 0.25) is 0 Å². The Labute approximate surface area is 131 Å². The van der Waals surface area contributed by atoms with E-state index in [1.54, 1.807) is 32.3 Å². The topological polar surface area (TPSA) is 61.4 Å². The lowest BCUT2D eigenvalue weighted by molar-refractivity contribution is 0.0827. The molecular weight excluding hydrogens is 304 g/mol. The molecule has 0 atom stereocenters. The SMILES string of the molecule is CN(C)C(=O)c1cccc(NC(=O)Nc2ccc(F)c(F)c2)c1. The highest BCUT2D eigenvalue weighted by molar-refractivity contribution is 6.01. The maximum atomic E-state index is 13.1. The van der Waals surface area contributed by atoms with Gasteiger partial charge in [0, 0.05) is 37.1 Å². The van der Waals surface area contributed by atoms with Crippen molar-refractivity contribution < 1.29 is 18.4 Å². The summed E-state index contributed by atoms with van der Waals surface area (Å²) in [6, 6.07) is 8.78. The van der Waals surface area contributed by atoms with Crippen LogP contribution in [0.1, 0.15) is 10.4 Å². The third kappa shape index (κ3) is 4.26. The Morgan fingerprint density at radius 1 is 0.913 bits per heavy atom. The van der Waals surface area contributed by atoms with E-state index >= 15 is 0 Å². The molecule has 23 heavy (non-hydrogen) atoms. The zero-order valence-corrected chi connectivity index (χ0v) is 12.6. The van der Waals surface area contributed by atoms with Gasteiger partial charge in [0.05, 0.1) is 0 Å². The largest absolute Gasteiger partial charge is 0.345 e. The number of rotatable bonds is 3. The molecule has 2 rings (SSSR count). The number of nitrogens with one attached hydrogen (secondary N) is 2. The normalized spacial score (nSPS) is 10.1. The van der Waals surface area contributed by atoms with Gasteiger partial charge in [0.25, 0.3) is 5.91 Å². The Hall–Kier alpha value is -2.96. The van der Waals surface area contributed by atoms with Crippen LogP contribution in [0.25, 0.3) is 0 Å². The minimum atomic E-state index is -1.05. The molecule has 0 saturated heterocycles. The molecule has 0 unspecified atom stereocenters. The van der Waals surface area contributed by atoms with Crippen molar-refractivity contribution in [2.24, 2.45) is 0 Å². The Bertz CT molecular complexity index is 748. The lowest BCUT2D eigenvalue weighted by Crippen LogP contribution is -2.22. The first-order chi connectivity index (χ1) is 10.9. The molecule has 2 aromatic rings. The summed E-state index contributed by atoms with van der Waals surface area (Å²) in [5, 5.41) is 4.90. The number of nitrogens with zero attached hydrogens (tertiary/aromatic N) is 1. The molecule has 0 saturated carbocycles. The monoisotopic (exact) mass is 319 g/mol. The fourth-order valence-electron chi connectivity index (χ4n) is 1.86. The number of hydrogen-bond acceptors (Lipinski definition) is 2. The van der Waals surface area contributed by atoms with Gasteiger partial charge in [-0.05, 0) is 30.3 Å². The van der Waals surface area contributed by atoms with Crippen LogP contribution in [0, 0.1) is 11.6 Å². The maximum absolute atomic E-state index is 13.1. The average Bonchev–Trinajstić information content (AvgIpc) is 2.50. The summed E-state index contributed by atoms with van der Waals surface area (Å²) < 4.78 is 25.9. The molecule has 2 N–H and O–H groups in total. The number of benzene rings is 2. The highest BCUT2D eigenvalue weighted by atomic mass is 19.2. The zero-order chi connectivity index (χ0) is 17.0. The van der Waals surface area contributed by atoms with Crippen molar-refractivity contribution in [3.8, 4) is 0 Å². The van der Waals surface area contributed by atoms with Crippen molar-refractivity contribution >= 4 is 23.3 Å². The van der Waals surface area contributed by atoms with E-state index in [1.807, 2.05) is 0 Å². The van der Waals surface area contributed by atoms with Crippen molar-refractivity contribution in [3.05, 3.63) is 59.7 Å². The highest BCUT2D eigenvalue weighted by Crippen LogP contribution is 2.15. The Balaban J connectivity index is 2.06. The van der Waals surface area contributed by atoms with Gasteiger partial charge < -0.3 is 15.5 Å². The minimum Gasteiger partial charge on any atom is -0.345 e. The van der Waals surface area contributed by atoms with Gasteiger partial charge in [-0.25, -0.2) is 13.6 Å². The van der Waals surface area contributed by atoms with Gasteiger partial charge in [0.15, 0.2) is 11.6 Å². The third-order valence-corrected chi connectivity index (χ3v) is 2.95. The maximum Gasteiger partial charge on any atom is 0.323 e. The summed E-state index contributed by atoms with van der Waals surface area (Å²) >= 11 is 0. The van der Waals surface area contributed by atoms with E-state index in [1.165, 1.54) is 17.0 Å². The number of amides is 3. The predicted molar refractivity (Wildman–Crippen MR) is 83.5 cm³/mol. The minimum absolute atomic E-state index is 0.113. The zero-order valence-electron chi connectivity index (χ0n) is 12.6. The lowest BCUT2D eigenvalue weighted by Gasteiger charge is -2.12. The van der Waals surface area contributed by atoms with Gasteiger partial charge >= 0.3 is 6.03 Å². The van der Waals surface area contributed by atoms with E-state index in [-0.39, 0.29) is 11.6 Å². The number of hydrogen-bond donors (Lipinski definition) is 2. The third-order valence-electron chi connectivity index (χ3n) is 2.95. The molecule has 7 heteroatoms. The first-order valence-electron chi connectivity index (χ1n) is 6.71.